The Balaban J connectivity index is 2.04. The number of hydrogen-bond acceptors (Lipinski definition) is 2. The highest BCUT2D eigenvalue weighted by Crippen LogP contribution is 2.48. The van der Waals surface area contributed by atoms with Crippen LogP contribution in [0.3, 0.4) is 0 Å². The van der Waals surface area contributed by atoms with Crippen LogP contribution in [0.5, 0.6) is 0 Å². The molecule has 1 aliphatic rings. The molecule has 0 saturated heterocycles. The van der Waals surface area contributed by atoms with Crippen LogP contribution >= 0.6 is 11.6 Å². The maximum absolute atomic E-state index is 12.7. The van der Waals surface area contributed by atoms with Crippen molar-refractivity contribution in [1.29, 1.82) is 0 Å². The van der Waals surface area contributed by atoms with Crippen LogP contribution in [0.1, 0.15) is 51.5 Å². The van der Waals surface area contributed by atoms with Crippen molar-refractivity contribution in [1.82, 2.24) is 5.32 Å². The Bertz CT molecular complexity index is 504. The summed E-state index contributed by atoms with van der Waals surface area (Å²) in [6.45, 7) is 5.05. The molecule has 3 nitrogen and oxygen atoms in total. The van der Waals surface area contributed by atoms with E-state index in [1.54, 1.807) is 0 Å². The molecule has 0 unspecified atom stereocenters. The van der Waals surface area contributed by atoms with E-state index in [-0.39, 0.29) is 23.3 Å². The Kier molecular flexibility index (Phi) is 5.51. The van der Waals surface area contributed by atoms with Crippen LogP contribution in [0.25, 0.3) is 0 Å². The van der Waals surface area contributed by atoms with Crippen LogP contribution in [-0.4, -0.2) is 24.2 Å². The molecular formula is C18H26ClNO2. The molecule has 1 aliphatic carbocycles. The molecule has 4 heteroatoms. The average molecular weight is 324 g/mol. The molecule has 1 amide bonds. The third-order valence-electron chi connectivity index (χ3n) is 5.35. The number of carbonyl (C=O) groups excluding carboxylic acids is 1. The van der Waals surface area contributed by atoms with Gasteiger partial charge >= 0.3 is 0 Å². The summed E-state index contributed by atoms with van der Waals surface area (Å²) in [5, 5.41) is 13.1. The van der Waals surface area contributed by atoms with E-state index < -0.39 is 0 Å². The van der Waals surface area contributed by atoms with Crippen LogP contribution in [0.4, 0.5) is 0 Å². The van der Waals surface area contributed by atoms with Crippen molar-refractivity contribution in [3.63, 3.8) is 0 Å². The number of aliphatic hydroxyl groups is 1. The lowest BCUT2D eigenvalue weighted by Gasteiger charge is -2.32. The summed E-state index contributed by atoms with van der Waals surface area (Å²) < 4.78 is 0. The first-order valence-corrected chi connectivity index (χ1v) is 8.55. The predicted molar refractivity (Wildman–Crippen MR) is 90.1 cm³/mol. The van der Waals surface area contributed by atoms with E-state index in [4.69, 9.17) is 11.6 Å². The highest BCUT2D eigenvalue weighted by molar-refractivity contribution is 6.30. The Morgan fingerprint density at radius 3 is 2.32 bits per heavy atom. The van der Waals surface area contributed by atoms with Gasteiger partial charge in [0.1, 0.15) is 0 Å². The monoisotopic (exact) mass is 323 g/mol. The largest absolute Gasteiger partial charge is 0.396 e. The fourth-order valence-electron chi connectivity index (χ4n) is 3.16. The van der Waals surface area contributed by atoms with Crippen LogP contribution in [0.2, 0.25) is 5.02 Å². The lowest BCUT2D eigenvalue weighted by molar-refractivity contribution is -0.124. The summed E-state index contributed by atoms with van der Waals surface area (Å²) >= 11 is 5.93. The van der Waals surface area contributed by atoms with E-state index in [2.05, 4.69) is 19.2 Å². The molecule has 0 atom stereocenters. The maximum Gasteiger partial charge on any atom is 0.230 e. The van der Waals surface area contributed by atoms with Gasteiger partial charge in [-0.2, -0.15) is 0 Å². The molecule has 122 valence electrons. The van der Waals surface area contributed by atoms with Crippen molar-refractivity contribution in [3.8, 4) is 0 Å². The van der Waals surface area contributed by atoms with Crippen LogP contribution in [-0.2, 0) is 10.2 Å². The standard InChI is InChI=1S/C18H26ClNO2/c1-3-17(4-2,11-12-21)13-20-16(22)18(9-10-18)14-5-7-15(19)8-6-14/h5-8,21H,3-4,9-13H2,1-2H3,(H,20,22). The minimum absolute atomic E-state index is 0.000482. The number of rotatable bonds is 8. The summed E-state index contributed by atoms with van der Waals surface area (Å²) in [5.74, 6) is 0.110. The maximum atomic E-state index is 12.7. The number of aliphatic hydroxyl groups excluding tert-OH is 1. The summed E-state index contributed by atoms with van der Waals surface area (Å²) in [7, 11) is 0. The molecule has 1 saturated carbocycles. The molecule has 1 aromatic rings. The first-order chi connectivity index (χ1) is 10.5. The van der Waals surface area contributed by atoms with Gasteiger partial charge < -0.3 is 10.4 Å². The van der Waals surface area contributed by atoms with E-state index in [9.17, 15) is 9.90 Å². The number of halogens is 1. The van der Waals surface area contributed by atoms with E-state index in [0.29, 0.717) is 11.6 Å². The van der Waals surface area contributed by atoms with E-state index in [1.165, 1.54) is 0 Å². The van der Waals surface area contributed by atoms with Crippen molar-refractivity contribution in [3.05, 3.63) is 34.9 Å². The Hall–Kier alpha value is -1.06. The molecule has 0 heterocycles. The molecule has 0 radical (unpaired) electrons. The first kappa shape index (κ1) is 17.3. The van der Waals surface area contributed by atoms with Crippen molar-refractivity contribution in [2.45, 2.75) is 51.4 Å². The number of benzene rings is 1. The van der Waals surface area contributed by atoms with Gasteiger partial charge in [-0.3, -0.25) is 4.79 Å². The van der Waals surface area contributed by atoms with Crippen LogP contribution in [0.15, 0.2) is 24.3 Å². The second-order valence-electron chi connectivity index (χ2n) is 6.45. The molecule has 1 fully saturated rings. The fraction of sp³-hybridized carbons (Fsp3) is 0.611. The number of nitrogens with one attached hydrogen (secondary N) is 1. The van der Waals surface area contributed by atoms with Gasteiger partial charge in [-0.25, -0.2) is 0 Å². The lowest BCUT2D eigenvalue weighted by Crippen LogP contribution is -2.42. The van der Waals surface area contributed by atoms with Crippen molar-refractivity contribution in [2.24, 2.45) is 5.41 Å². The highest BCUT2D eigenvalue weighted by atomic mass is 35.5. The van der Waals surface area contributed by atoms with E-state index >= 15 is 0 Å². The van der Waals surface area contributed by atoms with Gasteiger partial charge in [0, 0.05) is 18.2 Å². The van der Waals surface area contributed by atoms with Gasteiger partial charge in [0.05, 0.1) is 5.41 Å². The summed E-state index contributed by atoms with van der Waals surface area (Å²) in [5.41, 5.74) is 0.687. The molecule has 0 aliphatic heterocycles. The molecule has 22 heavy (non-hydrogen) atoms. The summed E-state index contributed by atoms with van der Waals surface area (Å²) in [6, 6.07) is 7.60. The van der Waals surface area contributed by atoms with Gasteiger partial charge in [-0.1, -0.05) is 37.6 Å². The normalized spacial score (nSPS) is 16.4. The highest BCUT2D eigenvalue weighted by Gasteiger charge is 2.51. The Morgan fingerprint density at radius 2 is 1.86 bits per heavy atom. The minimum atomic E-state index is -0.364. The van der Waals surface area contributed by atoms with Gasteiger partial charge in [-0.05, 0) is 55.2 Å². The smallest absolute Gasteiger partial charge is 0.230 e. The fourth-order valence-corrected chi connectivity index (χ4v) is 3.28. The molecule has 1 aromatic carbocycles. The molecular weight excluding hydrogens is 298 g/mol. The predicted octanol–water partition coefficient (Wildman–Crippen LogP) is 3.68. The molecule has 0 aromatic heterocycles. The van der Waals surface area contributed by atoms with Gasteiger partial charge in [0.15, 0.2) is 0 Å². The average Bonchev–Trinajstić information content (AvgIpc) is 3.34. The second kappa shape index (κ2) is 7.01. The topological polar surface area (TPSA) is 49.3 Å². The van der Waals surface area contributed by atoms with E-state index in [0.717, 1.165) is 37.7 Å². The minimum Gasteiger partial charge on any atom is -0.396 e. The van der Waals surface area contributed by atoms with Crippen LogP contribution < -0.4 is 5.32 Å². The van der Waals surface area contributed by atoms with Gasteiger partial charge in [-0.15, -0.1) is 0 Å². The zero-order chi connectivity index (χ0) is 16.2. The number of amides is 1. The molecule has 0 spiro atoms. The molecule has 2 N–H and O–H groups in total. The number of carbonyl (C=O) groups is 1. The number of hydrogen-bond donors (Lipinski definition) is 2. The summed E-state index contributed by atoms with van der Waals surface area (Å²) in [6.07, 6.45) is 4.43. The third kappa shape index (κ3) is 3.47. The van der Waals surface area contributed by atoms with Crippen molar-refractivity contribution >= 4 is 17.5 Å². The Labute approximate surface area is 138 Å². The van der Waals surface area contributed by atoms with E-state index in [1.807, 2.05) is 24.3 Å². The molecule has 0 bridgehead atoms. The van der Waals surface area contributed by atoms with Gasteiger partial charge in [0.2, 0.25) is 5.91 Å². The lowest BCUT2D eigenvalue weighted by atomic mass is 9.79. The Morgan fingerprint density at radius 1 is 1.27 bits per heavy atom. The zero-order valence-corrected chi connectivity index (χ0v) is 14.2. The molecule has 2 rings (SSSR count). The quantitative estimate of drug-likeness (QED) is 0.766. The van der Waals surface area contributed by atoms with Crippen molar-refractivity contribution in [2.75, 3.05) is 13.2 Å². The van der Waals surface area contributed by atoms with Crippen molar-refractivity contribution < 1.29 is 9.90 Å². The second-order valence-corrected chi connectivity index (χ2v) is 6.89. The zero-order valence-electron chi connectivity index (χ0n) is 13.5. The third-order valence-corrected chi connectivity index (χ3v) is 5.60. The first-order valence-electron chi connectivity index (χ1n) is 8.17. The van der Waals surface area contributed by atoms with Gasteiger partial charge in [0.25, 0.3) is 0 Å². The summed E-state index contributed by atoms with van der Waals surface area (Å²) in [4.78, 5) is 12.7. The van der Waals surface area contributed by atoms with Crippen LogP contribution in [0, 0.1) is 5.41 Å². The SMILES string of the molecule is CCC(CC)(CCO)CNC(=O)C1(c2ccc(Cl)cc2)CC1.